The Kier molecular flexibility index (Phi) is 11.0. The number of methoxy groups -OCH3 is 1. The van der Waals surface area contributed by atoms with E-state index in [0.29, 0.717) is 22.1 Å². The van der Waals surface area contributed by atoms with Crippen LogP contribution in [0.15, 0.2) is 71.7 Å². The van der Waals surface area contributed by atoms with E-state index in [4.69, 9.17) is 16.3 Å². The summed E-state index contributed by atoms with van der Waals surface area (Å²) in [4.78, 5) is 37.8. The number of nitrogens with one attached hydrogen (secondary N) is 2. The largest absolute Gasteiger partial charge is 0.497 e. The van der Waals surface area contributed by atoms with Crippen LogP contribution in [0.2, 0.25) is 5.02 Å². The summed E-state index contributed by atoms with van der Waals surface area (Å²) in [6.07, 6.45) is -2.54. The molecule has 0 radical (unpaired) electrons. The Labute approximate surface area is 374 Å². The van der Waals surface area contributed by atoms with Crippen molar-refractivity contribution in [2.45, 2.75) is 50.1 Å². The zero-order valence-electron chi connectivity index (χ0n) is 34.4. The van der Waals surface area contributed by atoms with Gasteiger partial charge in [0.25, 0.3) is 17.9 Å². The minimum absolute atomic E-state index is 0.0145. The molecule has 1 fully saturated rings. The molecule has 340 valence electrons. The van der Waals surface area contributed by atoms with Gasteiger partial charge in [-0.1, -0.05) is 23.7 Å². The summed E-state index contributed by atoms with van der Waals surface area (Å²) < 4.78 is 126. The normalized spacial score (nSPS) is 16.6. The van der Waals surface area contributed by atoms with Crippen LogP contribution in [0.3, 0.4) is 0 Å². The van der Waals surface area contributed by atoms with E-state index >= 15 is 8.78 Å². The second kappa shape index (κ2) is 16.5. The van der Waals surface area contributed by atoms with Gasteiger partial charge < -0.3 is 10.1 Å². The molecule has 2 aliphatic rings. The van der Waals surface area contributed by atoms with E-state index in [-0.39, 0.29) is 79.6 Å². The molecule has 15 nitrogen and oxygen atoms in total. The highest BCUT2D eigenvalue weighted by atomic mass is 35.5. The quantitative estimate of drug-likeness (QED) is 0.108. The van der Waals surface area contributed by atoms with Crippen molar-refractivity contribution in [3.63, 3.8) is 0 Å². The van der Waals surface area contributed by atoms with Gasteiger partial charge in [0.2, 0.25) is 15.9 Å². The van der Waals surface area contributed by atoms with Gasteiger partial charge in [0, 0.05) is 37.2 Å². The average molecular weight is 951 g/mol. The number of halogens is 7. The third-order valence-electron chi connectivity index (χ3n) is 11.6. The van der Waals surface area contributed by atoms with E-state index in [9.17, 15) is 40.8 Å². The first kappa shape index (κ1) is 44.2. The molecule has 0 saturated heterocycles. The van der Waals surface area contributed by atoms with E-state index in [1.54, 1.807) is 24.3 Å². The van der Waals surface area contributed by atoms with Crippen LogP contribution in [-0.4, -0.2) is 61.3 Å². The Hall–Kier alpha value is -6.99. The first-order valence-electron chi connectivity index (χ1n) is 20.0. The number of pyridine rings is 1. The standard InChI is InChI=1S/C43H33ClF6N10O5S/c1-58-36-31(8-7-29(44)34(36)40(56-58)57-66(63,64)10-9-20-3-5-25(65-2)6-4-20)60-41(54-39-27(42(60)62)13-22(17-51)18-52-39)30(14-21-11-23(45)15-24(46)12-21)53-32(61)19-59-37-33(35(55-59)38(47)48)26-16-28(26)43(37,49)50/h3-8,11-13,15,18,26,28,30,38H,9-10,14,16,19H2,1-2H3,(H,53,61)(H,56,57)/t26-,28+,30-/m0/s1. The second-order valence-electron chi connectivity index (χ2n) is 15.9. The number of nitriles is 1. The predicted molar refractivity (Wildman–Crippen MR) is 226 cm³/mol. The van der Waals surface area contributed by atoms with Crippen LogP contribution in [0.4, 0.5) is 32.2 Å². The Balaban J connectivity index is 1.17. The summed E-state index contributed by atoms with van der Waals surface area (Å²) in [6.45, 7) is -1.02. The third kappa shape index (κ3) is 7.95. The molecule has 0 spiro atoms. The van der Waals surface area contributed by atoms with Crippen molar-refractivity contribution in [1.29, 1.82) is 5.26 Å². The second-order valence-corrected chi connectivity index (χ2v) is 18.1. The lowest BCUT2D eigenvalue weighted by molar-refractivity contribution is -0.123. The maximum atomic E-state index is 15.5. The van der Waals surface area contributed by atoms with Crippen LogP contribution in [0.5, 0.6) is 5.75 Å². The van der Waals surface area contributed by atoms with Crippen LogP contribution in [0, 0.1) is 28.9 Å². The van der Waals surface area contributed by atoms with Gasteiger partial charge in [0.05, 0.1) is 51.5 Å². The van der Waals surface area contributed by atoms with Gasteiger partial charge in [-0.15, -0.1) is 0 Å². The number of alkyl halides is 4. The maximum absolute atomic E-state index is 15.5. The fourth-order valence-electron chi connectivity index (χ4n) is 8.59. The van der Waals surface area contributed by atoms with E-state index in [2.05, 4.69) is 30.2 Å². The van der Waals surface area contributed by atoms with Gasteiger partial charge in [0.15, 0.2) is 11.5 Å². The first-order chi connectivity index (χ1) is 31.4. The number of rotatable bonds is 14. The lowest BCUT2D eigenvalue weighted by atomic mass is 10.0. The molecule has 0 aliphatic heterocycles. The molecular weight excluding hydrogens is 918 g/mol. The molecule has 2 N–H and O–H groups in total. The molecule has 1 amide bonds. The number of carbonyl (C=O) groups excluding carboxylic acids is 1. The number of ether oxygens (including phenoxy) is 1. The fraction of sp³-hybridized carbons (Fsp3) is 0.279. The van der Waals surface area contributed by atoms with Crippen molar-refractivity contribution in [3.05, 3.63) is 133 Å². The van der Waals surface area contributed by atoms with Gasteiger partial charge in [-0.05, 0) is 72.4 Å². The number of hydrogen-bond acceptors (Lipinski definition) is 10. The number of fused-ring (bicyclic) bond motifs is 5. The third-order valence-corrected chi connectivity index (χ3v) is 13.1. The maximum Gasteiger partial charge on any atom is 0.293 e. The van der Waals surface area contributed by atoms with Crippen molar-refractivity contribution in [2.75, 3.05) is 17.6 Å². The lowest BCUT2D eigenvalue weighted by Gasteiger charge is -2.24. The Bertz CT molecular complexity index is 3340. The monoisotopic (exact) mass is 950 g/mol. The molecule has 3 atom stereocenters. The molecule has 1 saturated carbocycles. The highest BCUT2D eigenvalue weighted by Crippen LogP contribution is 2.68. The Morgan fingerprint density at radius 3 is 2.47 bits per heavy atom. The van der Waals surface area contributed by atoms with Crippen LogP contribution < -0.4 is 20.3 Å². The molecule has 4 heterocycles. The molecule has 66 heavy (non-hydrogen) atoms. The van der Waals surface area contributed by atoms with Crippen molar-refractivity contribution >= 4 is 55.3 Å². The number of amides is 1. The Morgan fingerprint density at radius 1 is 1.06 bits per heavy atom. The summed E-state index contributed by atoms with van der Waals surface area (Å²) in [5, 5.41) is 20.2. The number of carbonyl (C=O) groups is 1. The number of aromatic nitrogens is 7. The summed E-state index contributed by atoms with van der Waals surface area (Å²) >= 11 is 6.73. The lowest BCUT2D eigenvalue weighted by Crippen LogP contribution is -2.38. The molecule has 0 bridgehead atoms. The van der Waals surface area contributed by atoms with Crippen molar-refractivity contribution in [1.82, 2.24) is 39.4 Å². The van der Waals surface area contributed by atoms with Crippen molar-refractivity contribution in [3.8, 4) is 17.5 Å². The van der Waals surface area contributed by atoms with Crippen molar-refractivity contribution < 1.29 is 44.3 Å². The minimum Gasteiger partial charge on any atom is -0.497 e. The van der Waals surface area contributed by atoms with Gasteiger partial charge in [-0.25, -0.2) is 35.9 Å². The molecule has 7 aromatic rings. The number of aryl methyl sites for hydroxylation is 2. The van der Waals surface area contributed by atoms with Crippen LogP contribution in [0.25, 0.3) is 27.6 Å². The van der Waals surface area contributed by atoms with E-state index in [1.165, 1.54) is 37.0 Å². The highest BCUT2D eigenvalue weighted by molar-refractivity contribution is 7.92. The minimum atomic E-state index is -4.12. The molecule has 2 aliphatic carbocycles. The van der Waals surface area contributed by atoms with Crippen LogP contribution in [0.1, 0.15) is 64.3 Å². The summed E-state index contributed by atoms with van der Waals surface area (Å²) in [6, 6.07) is 13.5. The molecule has 3 aromatic carbocycles. The van der Waals surface area contributed by atoms with Gasteiger partial charge in [-0.2, -0.15) is 24.2 Å². The molecular formula is C43H33ClF6N10O5S. The van der Waals surface area contributed by atoms with E-state index in [1.807, 2.05) is 6.07 Å². The smallest absolute Gasteiger partial charge is 0.293 e. The number of anilines is 1. The van der Waals surface area contributed by atoms with Gasteiger partial charge >= 0.3 is 0 Å². The van der Waals surface area contributed by atoms with Gasteiger partial charge in [-0.3, -0.25) is 28.2 Å². The summed E-state index contributed by atoms with van der Waals surface area (Å²) in [5.74, 6) is -9.15. The topological polar surface area (TPSA) is 192 Å². The Morgan fingerprint density at radius 2 is 1.79 bits per heavy atom. The fourth-order valence-corrected chi connectivity index (χ4v) is 9.88. The van der Waals surface area contributed by atoms with Crippen LogP contribution in [-0.2, 0) is 47.2 Å². The predicted octanol–water partition coefficient (Wildman–Crippen LogP) is 6.91. The zero-order valence-corrected chi connectivity index (χ0v) is 35.9. The van der Waals surface area contributed by atoms with Gasteiger partial charge in [0.1, 0.15) is 47.2 Å². The zero-order chi connectivity index (χ0) is 47.0. The SMILES string of the molecule is COc1ccc(CCS(=O)(=O)Nc2nn(C)c3c(-n4c([C@H](Cc5cc(F)cc(F)c5)NC(=O)Cn5nc(C(F)F)c6c5C(F)(F)[C@@H]5C[C@H]65)nc5ncc(C#N)cc5c4=O)ccc(Cl)c23)cc1. The highest BCUT2D eigenvalue weighted by Gasteiger charge is 2.67. The number of benzene rings is 3. The number of nitrogens with zero attached hydrogens (tertiary/aromatic N) is 8. The molecule has 23 heteroatoms. The van der Waals surface area contributed by atoms with Crippen molar-refractivity contribution in [2.24, 2.45) is 13.0 Å². The van der Waals surface area contributed by atoms with E-state index in [0.717, 1.165) is 22.9 Å². The molecule has 0 unspecified atom stereocenters. The number of sulfonamides is 1. The molecule has 9 rings (SSSR count). The van der Waals surface area contributed by atoms with Crippen LogP contribution >= 0.6 is 11.6 Å². The number of hydrogen-bond donors (Lipinski definition) is 2. The molecule has 4 aromatic heterocycles. The first-order valence-corrected chi connectivity index (χ1v) is 22.0. The average Bonchev–Trinajstić information content (AvgIpc) is 3.81. The summed E-state index contributed by atoms with van der Waals surface area (Å²) in [7, 11) is -1.20. The van der Waals surface area contributed by atoms with E-state index < -0.39 is 87.7 Å². The summed E-state index contributed by atoms with van der Waals surface area (Å²) in [5.41, 5.74) is -2.61.